The van der Waals surface area contributed by atoms with E-state index in [2.05, 4.69) is 42.9 Å². The smallest absolute Gasteiger partial charge is 0.245 e. The number of nitrogens with zero attached hydrogens (tertiary/aromatic N) is 2. The van der Waals surface area contributed by atoms with Gasteiger partial charge in [0.25, 0.3) is 0 Å². The topological polar surface area (TPSA) is 63.9 Å². The van der Waals surface area contributed by atoms with Crippen molar-refractivity contribution >= 4 is 11.6 Å². The zero-order chi connectivity index (χ0) is 22.0. The highest BCUT2D eigenvalue weighted by atomic mass is 35.5. The Kier molecular flexibility index (Phi) is 6.14. The van der Waals surface area contributed by atoms with Gasteiger partial charge >= 0.3 is 0 Å². The van der Waals surface area contributed by atoms with Gasteiger partial charge in [-0.05, 0) is 57.4 Å². The minimum Gasteiger partial charge on any atom is -0.493 e. The molecule has 4 aromatic rings. The van der Waals surface area contributed by atoms with Crippen LogP contribution in [0.1, 0.15) is 34.7 Å². The van der Waals surface area contributed by atoms with Crippen LogP contribution in [0.5, 0.6) is 5.75 Å². The minimum absolute atomic E-state index is 0.534. The Bertz CT molecular complexity index is 1170. The number of nitrogens with one attached hydrogen (secondary N) is 1. The zero-order valence-corrected chi connectivity index (χ0v) is 19.0. The summed E-state index contributed by atoms with van der Waals surface area (Å²) in [5.74, 6) is 3.15. The molecule has 0 bridgehead atoms. The van der Waals surface area contributed by atoms with Crippen molar-refractivity contribution in [3.63, 3.8) is 0 Å². The average Bonchev–Trinajstić information content (AvgIpc) is 3.33. The van der Waals surface area contributed by atoms with Crippen molar-refractivity contribution in [2.75, 3.05) is 6.61 Å². The summed E-state index contributed by atoms with van der Waals surface area (Å²) in [6.07, 6.45) is 3.26. The lowest BCUT2D eigenvalue weighted by Gasteiger charge is -2.13. The summed E-state index contributed by atoms with van der Waals surface area (Å²) in [4.78, 5) is 12.2. The first kappa shape index (κ1) is 21.2. The molecule has 1 N–H and O–H groups in total. The molecule has 160 valence electrons. The van der Waals surface area contributed by atoms with E-state index in [1.54, 1.807) is 6.20 Å². The zero-order valence-electron chi connectivity index (χ0n) is 18.3. The van der Waals surface area contributed by atoms with Crippen LogP contribution in [0.4, 0.5) is 0 Å². The van der Waals surface area contributed by atoms with E-state index >= 15 is 0 Å². The third-order valence-electron chi connectivity index (χ3n) is 5.15. The van der Waals surface area contributed by atoms with Crippen LogP contribution < -0.4 is 4.74 Å². The lowest BCUT2D eigenvalue weighted by atomic mass is 10.1. The van der Waals surface area contributed by atoms with Crippen LogP contribution in [-0.2, 0) is 6.42 Å². The number of hydrogen-bond acceptors (Lipinski definition) is 4. The summed E-state index contributed by atoms with van der Waals surface area (Å²) >= 11 is 6.06. The Morgan fingerprint density at radius 2 is 1.74 bits per heavy atom. The second-order valence-corrected chi connectivity index (χ2v) is 8.30. The van der Waals surface area contributed by atoms with Crippen molar-refractivity contribution in [2.24, 2.45) is 0 Å². The molecule has 0 saturated heterocycles. The number of benzene rings is 2. The van der Waals surface area contributed by atoms with E-state index in [-0.39, 0.29) is 0 Å². The van der Waals surface area contributed by atoms with Gasteiger partial charge in [-0.2, -0.15) is 0 Å². The molecule has 0 fully saturated rings. The number of aromatic amines is 1. The van der Waals surface area contributed by atoms with Crippen LogP contribution in [0.25, 0.3) is 22.8 Å². The number of halogens is 1. The quantitative estimate of drug-likeness (QED) is 0.331. The molecule has 4 rings (SSSR count). The number of rotatable bonds is 7. The van der Waals surface area contributed by atoms with Crippen LogP contribution in [0.3, 0.4) is 0 Å². The predicted molar refractivity (Wildman–Crippen MR) is 124 cm³/mol. The number of H-pyrrole nitrogens is 1. The minimum atomic E-state index is 0.534. The SMILES string of the molecule is Cc1cc(C)c(OCCCc2oc(-c3cnc(C)[nH]3)nc2-c2ccc(Cl)cc2)c(C)c1. The first-order valence-electron chi connectivity index (χ1n) is 10.4. The normalized spacial score (nSPS) is 11.1. The van der Waals surface area contributed by atoms with E-state index in [0.29, 0.717) is 23.9 Å². The predicted octanol–water partition coefficient (Wildman–Crippen LogP) is 6.63. The van der Waals surface area contributed by atoms with Gasteiger partial charge in [0.15, 0.2) is 0 Å². The Morgan fingerprint density at radius 3 is 2.39 bits per heavy atom. The molecule has 0 radical (unpaired) electrons. The number of imidazole rings is 1. The fourth-order valence-corrected chi connectivity index (χ4v) is 3.93. The standard InChI is InChI=1S/C25H26ClN3O2/c1-15-12-16(2)24(17(3)13-15)30-11-5-6-22-23(19-7-9-20(26)10-8-19)29-25(31-22)21-14-27-18(4)28-21/h7-10,12-14H,5-6,11H2,1-4H3,(H,27,28). The molecule has 0 aliphatic heterocycles. The molecule has 0 saturated carbocycles. The Balaban J connectivity index is 1.53. The fourth-order valence-electron chi connectivity index (χ4n) is 3.80. The fraction of sp³-hybridized carbons (Fsp3) is 0.280. The summed E-state index contributed by atoms with van der Waals surface area (Å²) in [5.41, 5.74) is 6.13. The average molecular weight is 436 g/mol. The van der Waals surface area contributed by atoms with E-state index in [0.717, 1.165) is 51.8 Å². The lowest BCUT2D eigenvalue weighted by Crippen LogP contribution is -2.02. The number of hydrogen-bond donors (Lipinski definition) is 1. The van der Waals surface area contributed by atoms with Gasteiger partial charge < -0.3 is 14.1 Å². The summed E-state index contributed by atoms with van der Waals surface area (Å²) < 4.78 is 12.2. The Labute approximate surface area is 187 Å². The van der Waals surface area contributed by atoms with Crippen molar-refractivity contribution in [1.29, 1.82) is 0 Å². The molecule has 0 atom stereocenters. The molecule has 2 aromatic heterocycles. The molecule has 5 nitrogen and oxygen atoms in total. The molecule has 0 amide bonds. The monoisotopic (exact) mass is 435 g/mol. The molecule has 2 heterocycles. The van der Waals surface area contributed by atoms with Crippen LogP contribution in [0.15, 0.2) is 47.0 Å². The molecule has 2 aromatic carbocycles. The highest BCUT2D eigenvalue weighted by Gasteiger charge is 2.18. The molecule has 0 unspecified atom stereocenters. The second kappa shape index (κ2) is 8.98. The van der Waals surface area contributed by atoms with Crippen molar-refractivity contribution in [3.05, 3.63) is 75.9 Å². The summed E-state index contributed by atoms with van der Waals surface area (Å²) in [6, 6.07) is 11.9. The van der Waals surface area contributed by atoms with Crippen LogP contribution in [0.2, 0.25) is 5.02 Å². The van der Waals surface area contributed by atoms with Crippen molar-refractivity contribution in [2.45, 2.75) is 40.5 Å². The van der Waals surface area contributed by atoms with Gasteiger partial charge in [0.1, 0.15) is 28.7 Å². The highest BCUT2D eigenvalue weighted by molar-refractivity contribution is 6.30. The van der Waals surface area contributed by atoms with E-state index in [4.69, 9.17) is 25.7 Å². The maximum atomic E-state index is 6.14. The third kappa shape index (κ3) is 4.83. The molecule has 31 heavy (non-hydrogen) atoms. The van der Waals surface area contributed by atoms with E-state index in [1.807, 2.05) is 31.2 Å². The molecule has 6 heteroatoms. The number of ether oxygens (including phenoxy) is 1. The summed E-state index contributed by atoms with van der Waals surface area (Å²) in [6.45, 7) is 8.78. The van der Waals surface area contributed by atoms with E-state index < -0.39 is 0 Å². The number of aromatic nitrogens is 3. The first-order chi connectivity index (χ1) is 14.9. The van der Waals surface area contributed by atoms with Gasteiger partial charge in [-0.1, -0.05) is 41.4 Å². The van der Waals surface area contributed by atoms with Gasteiger partial charge in [0, 0.05) is 17.0 Å². The van der Waals surface area contributed by atoms with E-state index in [1.165, 1.54) is 5.56 Å². The molecular formula is C25H26ClN3O2. The van der Waals surface area contributed by atoms with Crippen LogP contribution in [0, 0.1) is 27.7 Å². The molecule has 0 aliphatic carbocycles. The first-order valence-corrected chi connectivity index (χ1v) is 10.8. The van der Waals surface area contributed by atoms with Gasteiger partial charge in [-0.25, -0.2) is 9.97 Å². The van der Waals surface area contributed by atoms with Crippen LogP contribution in [-0.4, -0.2) is 21.6 Å². The van der Waals surface area contributed by atoms with Gasteiger partial charge in [0.05, 0.1) is 12.8 Å². The van der Waals surface area contributed by atoms with Crippen molar-refractivity contribution in [1.82, 2.24) is 15.0 Å². The second-order valence-electron chi connectivity index (χ2n) is 7.86. The number of oxazole rings is 1. The van der Waals surface area contributed by atoms with Gasteiger partial charge in [-0.15, -0.1) is 0 Å². The lowest BCUT2D eigenvalue weighted by molar-refractivity contribution is 0.302. The number of aryl methyl sites for hydroxylation is 5. The molecule has 0 aliphatic rings. The molecule has 0 spiro atoms. The largest absolute Gasteiger partial charge is 0.493 e. The third-order valence-corrected chi connectivity index (χ3v) is 5.40. The summed E-state index contributed by atoms with van der Waals surface area (Å²) in [7, 11) is 0. The molecular weight excluding hydrogens is 410 g/mol. The Hall–Kier alpha value is -3.05. The van der Waals surface area contributed by atoms with Crippen molar-refractivity contribution < 1.29 is 9.15 Å². The maximum Gasteiger partial charge on any atom is 0.245 e. The van der Waals surface area contributed by atoms with Gasteiger partial charge in [-0.3, -0.25) is 0 Å². The highest BCUT2D eigenvalue weighted by Crippen LogP contribution is 2.30. The van der Waals surface area contributed by atoms with Crippen LogP contribution >= 0.6 is 11.6 Å². The van der Waals surface area contributed by atoms with Gasteiger partial charge in [0.2, 0.25) is 5.89 Å². The Morgan fingerprint density at radius 1 is 1.03 bits per heavy atom. The van der Waals surface area contributed by atoms with E-state index in [9.17, 15) is 0 Å². The maximum absolute atomic E-state index is 6.14. The summed E-state index contributed by atoms with van der Waals surface area (Å²) in [5, 5.41) is 0.690. The van der Waals surface area contributed by atoms with Crippen molar-refractivity contribution in [3.8, 4) is 28.6 Å².